The minimum absolute atomic E-state index is 0.112. The number of carbonyl (C=O) groups is 2. The Balaban J connectivity index is 1.38. The van der Waals surface area contributed by atoms with Gasteiger partial charge in [0.2, 0.25) is 5.91 Å². The third-order valence-corrected chi connectivity index (χ3v) is 6.73. The second-order valence-electron chi connectivity index (χ2n) is 8.65. The number of nitrogens with one attached hydrogen (secondary N) is 1. The normalized spacial score (nSPS) is 19.5. The molecule has 0 spiro atoms. The van der Waals surface area contributed by atoms with Gasteiger partial charge in [0.1, 0.15) is 18.1 Å². The van der Waals surface area contributed by atoms with Crippen molar-refractivity contribution >= 4 is 45.1 Å². The second-order valence-corrected chi connectivity index (χ2v) is 9.36. The van der Waals surface area contributed by atoms with Gasteiger partial charge in [-0.1, -0.05) is 0 Å². The number of anilines is 2. The van der Waals surface area contributed by atoms with Crippen molar-refractivity contribution in [3.8, 4) is 0 Å². The Labute approximate surface area is 207 Å². The molecule has 0 radical (unpaired) electrons. The van der Waals surface area contributed by atoms with Crippen LogP contribution in [0.3, 0.4) is 0 Å². The fraction of sp³-hybridized carbons (Fsp3) is 0.476. The number of nitrogens with zero attached hydrogens (tertiary/aromatic N) is 5. The first kappa shape index (κ1) is 24.9. The fourth-order valence-corrected chi connectivity index (χ4v) is 4.64. The number of aromatic nitrogens is 2. The second kappa shape index (κ2) is 9.77. The number of ether oxygens (including phenoxy) is 1. The topological polar surface area (TPSA) is 143 Å². The van der Waals surface area contributed by atoms with E-state index in [1.54, 1.807) is 17.0 Å². The van der Waals surface area contributed by atoms with Crippen molar-refractivity contribution < 1.29 is 28.7 Å². The lowest BCUT2D eigenvalue weighted by molar-refractivity contribution is -0.389. The van der Waals surface area contributed by atoms with Crippen LogP contribution in [-0.2, 0) is 16.1 Å². The molecule has 0 bridgehead atoms. The Morgan fingerprint density at radius 3 is 2.74 bits per heavy atom. The largest absolute Gasteiger partial charge is 0.442 e. The van der Waals surface area contributed by atoms with E-state index in [2.05, 4.69) is 26.2 Å². The molecule has 2 amide bonds. The highest BCUT2D eigenvalue weighted by Gasteiger charge is 2.36. The summed E-state index contributed by atoms with van der Waals surface area (Å²) in [5.41, 5.74) is -0.439. The lowest BCUT2D eigenvalue weighted by atomic mass is 9.91. The van der Waals surface area contributed by atoms with Crippen molar-refractivity contribution in [3.05, 3.63) is 45.1 Å². The predicted octanol–water partition coefficient (Wildman–Crippen LogP) is 2.19. The molecule has 0 saturated carbocycles. The molecule has 0 unspecified atom stereocenters. The maximum absolute atomic E-state index is 15.0. The summed E-state index contributed by atoms with van der Waals surface area (Å²) in [6.45, 7) is 2.58. The molecule has 3 heterocycles. The predicted molar refractivity (Wildman–Crippen MR) is 126 cm³/mol. The van der Waals surface area contributed by atoms with Crippen LogP contribution >= 0.6 is 15.9 Å². The number of rotatable bonds is 7. The molecule has 2 aromatic rings. The number of nitro groups is 1. The summed E-state index contributed by atoms with van der Waals surface area (Å²) in [7, 11) is 0. The molecule has 188 valence electrons. The van der Waals surface area contributed by atoms with Gasteiger partial charge in [-0.2, -0.15) is 0 Å². The van der Waals surface area contributed by atoms with Crippen molar-refractivity contribution in [2.24, 2.45) is 0 Å². The Bertz CT molecular complexity index is 1150. The number of aliphatic hydroxyl groups is 1. The van der Waals surface area contributed by atoms with Crippen LogP contribution in [0.4, 0.5) is 26.4 Å². The lowest BCUT2D eigenvalue weighted by Gasteiger charge is -2.39. The van der Waals surface area contributed by atoms with Gasteiger partial charge in [-0.15, -0.1) is 0 Å². The number of carbonyl (C=O) groups excluding carboxylic acids is 2. The summed E-state index contributed by atoms with van der Waals surface area (Å²) in [6.07, 6.45) is 0.759. The highest BCUT2D eigenvalue weighted by atomic mass is 79.9. The van der Waals surface area contributed by atoms with Crippen molar-refractivity contribution in [1.82, 2.24) is 14.9 Å². The van der Waals surface area contributed by atoms with Crippen molar-refractivity contribution in [2.45, 2.75) is 38.0 Å². The minimum atomic E-state index is -1.13. The number of hydrogen-bond acceptors (Lipinski definition) is 8. The van der Waals surface area contributed by atoms with E-state index in [1.807, 2.05) is 0 Å². The van der Waals surface area contributed by atoms with Gasteiger partial charge in [0.25, 0.3) is 4.73 Å². The van der Waals surface area contributed by atoms with Crippen LogP contribution < -0.4 is 15.1 Å². The number of cyclic esters (lactones) is 1. The molecule has 1 aromatic heterocycles. The third kappa shape index (κ3) is 5.53. The van der Waals surface area contributed by atoms with E-state index in [4.69, 9.17) is 4.74 Å². The molecule has 0 aliphatic carbocycles. The Kier molecular flexibility index (Phi) is 6.94. The van der Waals surface area contributed by atoms with Crippen LogP contribution in [0, 0.1) is 15.9 Å². The van der Waals surface area contributed by atoms with Crippen LogP contribution in [0.5, 0.6) is 0 Å². The van der Waals surface area contributed by atoms with E-state index in [0.29, 0.717) is 37.3 Å². The zero-order valence-electron chi connectivity index (χ0n) is 18.8. The molecule has 4 rings (SSSR count). The van der Waals surface area contributed by atoms with Gasteiger partial charge in [0.15, 0.2) is 0 Å². The molecular weight excluding hydrogens is 531 g/mol. The van der Waals surface area contributed by atoms with Crippen LogP contribution in [0.1, 0.15) is 19.8 Å². The van der Waals surface area contributed by atoms with Crippen LogP contribution in [0.25, 0.3) is 0 Å². The van der Waals surface area contributed by atoms with E-state index >= 15 is 4.39 Å². The maximum Gasteiger partial charge on any atom is 0.414 e. The first-order chi connectivity index (χ1) is 16.5. The Morgan fingerprint density at radius 2 is 2.14 bits per heavy atom. The number of piperidine rings is 1. The first-order valence-electron chi connectivity index (χ1n) is 10.9. The maximum atomic E-state index is 15.0. The molecule has 2 N–H and O–H groups in total. The molecular formula is C21H24BrFN6O6. The number of halogens is 2. The summed E-state index contributed by atoms with van der Waals surface area (Å²) < 4.78 is 22.0. The average Bonchev–Trinajstić information content (AvgIpc) is 3.35. The zero-order valence-corrected chi connectivity index (χ0v) is 20.4. The smallest absolute Gasteiger partial charge is 0.414 e. The van der Waals surface area contributed by atoms with E-state index < -0.39 is 28.5 Å². The highest BCUT2D eigenvalue weighted by Crippen LogP contribution is 2.33. The SMILES string of the molecule is CC(=O)NC[C@H]1CN(c2ccc(N3CCC(O)(Cn4cc([N+](=O)[O-])nc4Br)CC3)c(F)c2)C(=O)O1. The first-order valence-corrected chi connectivity index (χ1v) is 11.7. The zero-order chi connectivity index (χ0) is 25.3. The van der Waals surface area contributed by atoms with E-state index in [1.165, 1.54) is 28.7 Å². The number of amides is 2. The number of benzene rings is 1. The summed E-state index contributed by atoms with van der Waals surface area (Å²) in [6, 6.07) is 4.47. The highest BCUT2D eigenvalue weighted by molar-refractivity contribution is 9.10. The fourth-order valence-electron chi connectivity index (χ4n) is 4.23. The van der Waals surface area contributed by atoms with Gasteiger partial charge in [0.05, 0.1) is 36.6 Å². The van der Waals surface area contributed by atoms with Gasteiger partial charge in [-0.25, -0.2) is 9.18 Å². The van der Waals surface area contributed by atoms with Crippen molar-refractivity contribution in [3.63, 3.8) is 0 Å². The van der Waals surface area contributed by atoms with E-state index in [0.717, 1.165) is 0 Å². The minimum Gasteiger partial charge on any atom is -0.442 e. The average molecular weight is 555 g/mol. The molecule has 14 heteroatoms. The van der Waals surface area contributed by atoms with Gasteiger partial charge in [0, 0.05) is 35.9 Å². The molecule has 1 aromatic carbocycles. The summed E-state index contributed by atoms with van der Waals surface area (Å²) in [4.78, 5) is 40.5. The molecule has 12 nitrogen and oxygen atoms in total. The van der Waals surface area contributed by atoms with Crippen LogP contribution in [-0.4, -0.2) is 69.5 Å². The lowest BCUT2D eigenvalue weighted by Crippen LogP contribution is -2.47. The monoisotopic (exact) mass is 554 g/mol. The summed E-state index contributed by atoms with van der Waals surface area (Å²) in [5.74, 6) is -1.07. The number of imidazole rings is 1. The van der Waals surface area contributed by atoms with Gasteiger partial charge in [-0.3, -0.25) is 14.3 Å². The van der Waals surface area contributed by atoms with E-state index in [9.17, 15) is 24.8 Å². The quantitative estimate of drug-likeness (QED) is 0.391. The number of hydrogen-bond donors (Lipinski definition) is 2. The molecule has 2 saturated heterocycles. The van der Waals surface area contributed by atoms with E-state index in [-0.39, 0.29) is 36.1 Å². The molecule has 1 atom stereocenters. The van der Waals surface area contributed by atoms with Gasteiger partial charge >= 0.3 is 11.9 Å². The molecule has 2 aliphatic heterocycles. The van der Waals surface area contributed by atoms with Crippen LogP contribution in [0.2, 0.25) is 0 Å². The molecule has 35 heavy (non-hydrogen) atoms. The van der Waals surface area contributed by atoms with Crippen molar-refractivity contribution in [2.75, 3.05) is 36.0 Å². The molecule has 2 aliphatic rings. The van der Waals surface area contributed by atoms with Crippen molar-refractivity contribution in [1.29, 1.82) is 0 Å². The molecule has 2 fully saturated rings. The Hall–Kier alpha value is -3.26. The summed E-state index contributed by atoms with van der Waals surface area (Å²) >= 11 is 3.17. The van der Waals surface area contributed by atoms with Gasteiger partial charge < -0.3 is 30.2 Å². The van der Waals surface area contributed by atoms with Gasteiger partial charge in [-0.05, 0) is 40.9 Å². The summed E-state index contributed by atoms with van der Waals surface area (Å²) in [5, 5.41) is 24.5. The standard InChI is InChI=1S/C21H24BrFN6O6/c1-13(30)24-9-15-10-28(20(31)35-15)14-2-3-17(16(23)8-14)26-6-4-21(32,5-7-26)12-27-11-18(29(33)34)25-19(27)22/h2-3,8,11,15,32H,4-7,9-10,12H2,1H3,(H,24,30)/t15-/m0/s1. The third-order valence-electron chi connectivity index (χ3n) is 6.10. The van der Waals surface area contributed by atoms with Crippen LogP contribution in [0.15, 0.2) is 29.1 Å². The Morgan fingerprint density at radius 1 is 1.43 bits per heavy atom.